The van der Waals surface area contributed by atoms with Gasteiger partial charge in [0.15, 0.2) is 17.4 Å². The van der Waals surface area contributed by atoms with E-state index in [4.69, 9.17) is 15.3 Å². The van der Waals surface area contributed by atoms with Gasteiger partial charge in [-0.3, -0.25) is 0 Å². The molecule has 1 aromatic carbocycles. The molecule has 0 radical (unpaired) electrons. The normalized spacial score (nSPS) is 9.94. The topological polar surface area (TPSA) is 82.3 Å². The third kappa shape index (κ3) is 2.30. The van der Waals surface area contributed by atoms with Crippen molar-refractivity contribution in [1.82, 2.24) is 9.97 Å². The van der Waals surface area contributed by atoms with Crippen molar-refractivity contribution >= 4 is 5.82 Å². The Bertz CT molecular complexity index is 550. The van der Waals surface area contributed by atoms with Gasteiger partial charge in [0, 0.05) is 0 Å². The number of nitrogen functional groups attached to an aromatic ring is 1. The average Bonchev–Trinajstić information content (AvgIpc) is 2.41. The van der Waals surface area contributed by atoms with E-state index in [0.29, 0.717) is 0 Å². The Morgan fingerprint density at radius 1 is 1.28 bits per heavy atom. The second kappa shape index (κ2) is 5.28. The molecule has 94 valence electrons. The Kier molecular flexibility index (Phi) is 3.54. The first-order chi connectivity index (χ1) is 8.76. The van der Waals surface area contributed by atoms with Crippen LogP contribution in [0.5, 0.6) is 17.4 Å². The van der Waals surface area contributed by atoms with E-state index in [1.54, 1.807) is 12.1 Å². The fraction of sp³-hybridized carbons (Fsp3) is 0.0909. The van der Waals surface area contributed by atoms with Gasteiger partial charge in [0.05, 0.1) is 7.11 Å². The number of aromatic nitrogens is 2. The Labute approximate surface area is 103 Å². The number of ether oxygens (including phenoxy) is 2. The first kappa shape index (κ1) is 12.1. The molecular weight excluding hydrogens is 239 g/mol. The summed E-state index contributed by atoms with van der Waals surface area (Å²) < 4.78 is 23.8. The van der Waals surface area contributed by atoms with Crippen molar-refractivity contribution in [2.45, 2.75) is 0 Å². The van der Waals surface area contributed by atoms with E-state index in [-0.39, 0.29) is 23.2 Å². The molecule has 1 aromatic heterocycles. The molecule has 0 aliphatic heterocycles. The second-order valence-electron chi connectivity index (χ2n) is 3.24. The highest BCUT2D eigenvalue weighted by molar-refractivity contribution is 5.55. The number of rotatable bonds is 4. The highest BCUT2D eigenvalue weighted by Crippen LogP contribution is 2.34. The molecule has 0 unspecified atom stereocenters. The molecule has 0 saturated heterocycles. The van der Waals surface area contributed by atoms with E-state index in [0.717, 1.165) is 0 Å². The Morgan fingerprint density at radius 2 is 2.06 bits per heavy atom. The summed E-state index contributed by atoms with van der Waals surface area (Å²) in [6.45, 7) is 0. The van der Waals surface area contributed by atoms with Gasteiger partial charge in [0.25, 0.3) is 5.88 Å². The number of nitrogens with two attached hydrogens (primary N) is 1. The van der Waals surface area contributed by atoms with Crippen LogP contribution in [0.15, 0.2) is 30.6 Å². The molecule has 2 rings (SSSR count). The van der Waals surface area contributed by atoms with Crippen LogP contribution in [0, 0.1) is 5.82 Å². The van der Waals surface area contributed by atoms with Crippen molar-refractivity contribution in [1.29, 1.82) is 0 Å². The highest BCUT2D eigenvalue weighted by Gasteiger charge is 2.14. The van der Waals surface area contributed by atoms with Gasteiger partial charge in [-0.25, -0.2) is 15.2 Å². The smallest absolute Gasteiger partial charge is 0.268 e. The Balaban J connectivity index is 2.37. The molecule has 0 spiro atoms. The Morgan fingerprint density at radius 3 is 2.72 bits per heavy atom. The average molecular weight is 250 g/mol. The van der Waals surface area contributed by atoms with E-state index >= 15 is 0 Å². The van der Waals surface area contributed by atoms with Crippen LogP contribution in [-0.4, -0.2) is 17.1 Å². The number of hydrogen-bond donors (Lipinski definition) is 2. The molecule has 18 heavy (non-hydrogen) atoms. The van der Waals surface area contributed by atoms with Gasteiger partial charge < -0.3 is 14.9 Å². The monoisotopic (exact) mass is 250 g/mol. The SMILES string of the molecule is COc1c(NN)ncnc1Oc1ccccc1F. The number of hydrazine groups is 1. The van der Waals surface area contributed by atoms with Gasteiger partial charge in [-0.1, -0.05) is 12.1 Å². The lowest BCUT2D eigenvalue weighted by Crippen LogP contribution is -2.11. The molecule has 2 aromatic rings. The first-order valence-corrected chi connectivity index (χ1v) is 5.04. The fourth-order valence-corrected chi connectivity index (χ4v) is 1.35. The number of hydrogen-bond acceptors (Lipinski definition) is 6. The summed E-state index contributed by atoms with van der Waals surface area (Å²) in [5, 5.41) is 0. The number of nitrogens with zero attached hydrogens (tertiary/aromatic N) is 2. The van der Waals surface area contributed by atoms with Crippen LogP contribution in [0.2, 0.25) is 0 Å². The number of methoxy groups -OCH3 is 1. The van der Waals surface area contributed by atoms with Crippen LogP contribution in [0.25, 0.3) is 0 Å². The van der Waals surface area contributed by atoms with Gasteiger partial charge in [-0.05, 0) is 12.1 Å². The van der Waals surface area contributed by atoms with Crippen LogP contribution < -0.4 is 20.7 Å². The third-order valence-corrected chi connectivity index (χ3v) is 2.16. The number of anilines is 1. The van der Waals surface area contributed by atoms with E-state index in [1.165, 1.54) is 25.6 Å². The lowest BCUT2D eigenvalue weighted by Gasteiger charge is -2.11. The van der Waals surface area contributed by atoms with Crippen molar-refractivity contribution in [3.05, 3.63) is 36.4 Å². The van der Waals surface area contributed by atoms with Crippen molar-refractivity contribution < 1.29 is 13.9 Å². The number of para-hydroxylation sites is 1. The van der Waals surface area contributed by atoms with Gasteiger partial charge in [-0.15, -0.1) is 0 Å². The summed E-state index contributed by atoms with van der Waals surface area (Å²) in [7, 11) is 1.41. The fourth-order valence-electron chi connectivity index (χ4n) is 1.35. The van der Waals surface area contributed by atoms with Crippen LogP contribution >= 0.6 is 0 Å². The highest BCUT2D eigenvalue weighted by atomic mass is 19.1. The minimum absolute atomic E-state index is 0.0393. The zero-order valence-electron chi connectivity index (χ0n) is 9.55. The van der Waals surface area contributed by atoms with Crippen molar-refractivity contribution in [3.63, 3.8) is 0 Å². The predicted octanol–water partition coefficient (Wildman–Crippen LogP) is 1.70. The summed E-state index contributed by atoms with van der Waals surface area (Å²) in [6.07, 6.45) is 1.23. The molecule has 0 bridgehead atoms. The summed E-state index contributed by atoms with van der Waals surface area (Å²) in [4.78, 5) is 7.72. The van der Waals surface area contributed by atoms with Crippen molar-refractivity contribution in [3.8, 4) is 17.4 Å². The molecular formula is C11H11FN4O2. The lowest BCUT2D eigenvalue weighted by atomic mass is 10.3. The maximum absolute atomic E-state index is 13.4. The zero-order chi connectivity index (χ0) is 13.0. The largest absolute Gasteiger partial charge is 0.489 e. The van der Waals surface area contributed by atoms with Crippen LogP contribution in [-0.2, 0) is 0 Å². The third-order valence-electron chi connectivity index (χ3n) is 2.16. The number of nitrogens with one attached hydrogen (secondary N) is 1. The lowest BCUT2D eigenvalue weighted by molar-refractivity contribution is 0.360. The summed E-state index contributed by atoms with van der Waals surface area (Å²) >= 11 is 0. The molecule has 0 amide bonds. The molecule has 0 saturated carbocycles. The first-order valence-electron chi connectivity index (χ1n) is 5.04. The summed E-state index contributed by atoms with van der Waals surface area (Å²) in [5.41, 5.74) is 2.34. The molecule has 1 heterocycles. The molecule has 3 N–H and O–H groups in total. The maximum Gasteiger partial charge on any atom is 0.268 e. The molecule has 0 fully saturated rings. The second-order valence-corrected chi connectivity index (χ2v) is 3.24. The molecule has 0 aliphatic rings. The quantitative estimate of drug-likeness (QED) is 0.635. The van der Waals surface area contributed by atoms with Crippen LogP contribution in [0.4, 0.5) is 10.2 Å². The molecule has 0 atom stereocenters. The maximum atomic E-state index is 13.4. The van der Waals surface area contributed by atoms with Gasteiger partial charge >= 0.3 is 0 Å². The molecule has 6 nitrogen and oxygen atoms in total. The Hall–Kier alpha value is -2.41. The summed E-state index contributed by atoms with van der Waals surface area (Å²) in [5.74, 6) is 5.33. The van der Waals surface area contributed by atoms with E-state index in [1.807, 2.05) is 0 Å². The van der Waals surface area contributed by atoms with Crippen LogP contribution in [0.3, 0.4) is 0 Å². The van der Waals surface area contributed by atoms with Gasteiger partial charge in [0.2, 0.25) is 5.75 Å². The molecule has 0 aliphatic carbocycles. The van der Waals surface area contributed by atoms with Crippen LogP contribution in [0.1, 0.15) is 0 Å². The van der Waals surface area contributed by atoms with E-state index < -0.39 is 5.82 Å². The number of benzene rings is 1. The molecule has 7 heteroatoms. The number of halogens is 1. The van der Waals surface area contributed by atoms with Gasteiger partial charge in [-0.2, -0.15) is 4.98 Å². The van der Waals surface area contributed by atoms with Crippen molar-refractivity contribution in [2.24, 2.45) is 5.84 Å². The van der Waals surface area contributed by atoms with Gasteiger partial charge in [0.1, 0.15) is 6.33 Å². The predicted molar refractivity (Wildman–Crippen MR) is 62.9 cm³/mol. The minimum Gasteiger partial charge on any atom is -0.489 e. The van der Waals surface area contributed by atoms with E-state index in [2.05, 4.69) is 15.4 Å². The minimum atomic E-state index is -0.500. The summed E-state index contributed by atoms with van der Waals surface area (Å²) in [6, 6.07) is 5.97. The van der Waals surface area contributed by atoms with E-state index in [9.17, 15) is 4.39 Å². The van der Waals surface area contributed by atoms with Crippen molar-refractivity contribution in [2.75, 3.05) is 12.5 Å². The standard InChI is InChI=1S/C11H11FN4O2/c1-17-9-10(16-13)14-6-15-11(9)18-8-5-3-2-4-7(8)12/h2-6H,13H2,1H3,(H,14,15,16). The zero-order valence-corrected chi connectivity index (χ0v) is 9.55.